The molecule has 208 valence electrons. The largest absolute Gasteiger partial charge is 0.292 e. The van der Waals surface area contributed by atoms with E-state index in [1.165, 1.54) is 30.3 Å². The number of hydrogen-bond donors (Lipinski definition) is 0. The Hall–Kier alpha value is -2.11. The zero-order valence-corrected chi connectivity index (χ0v) is 24.7. The van der Waals surface area contributed by atoms with Gasteiger partial charge in [-0.15, -0.1) is 23.2 Å². The van der Waals surface area contributed by atoms with Crippen LogP contribution in [0.15, 0.2) is 58.6 Å². The Kier molecular flexibility index (Phi) is 7.15. The number of nitrogens with zero attached hydrogens (tertiary/aromatic N) is 3. The quantitative estimate of drug-likeness (QED) is 0.122. The third-order valence-electron chi connectivity index (χ3n) is 7.16. The molecule has 3 amide bonds. The van der Waals surface area contributed by atoms with E-state index in [0.29, 0.717) is 10.0 Å². The van der Waals surface area contributed by atoms with Crippen LogP contribution in [0.2, 0.25) is 5.02 Å². The molecule has 0 spiro atoms. The summed E-state index contributed by atoms with van der Waals surface area (Å²) in [5.41, 5.74) is -0.459. The smallest absolute Gasteiger partial charge is 0.274 e. The van der Waals surface area contributed by atoms with Gasteiger partial charge >= 0.3 is 0 Å². The molecule has 2 bridgehead atoms. The maximum Gasteiger partial charge on any atom is 0.274 e. The Morgan fingerprint density at radius 1 is 0.875 bits per heavy atom. The lowest BCUT2D eigenvalue weighted by Gasteiger charge is -2.36. The third kappa shape index (κ3) is 3.68. The molecule has 2 aliphatic carbocycles. The average Bonchev–Trinajstić information content (AvgIpc) is 3.30. The fourth-order valence-electron chi connectivity index (χ4n) is 5.22. The van der Waals surface area contributed by atoms with Gasteiger partial charge in [0.15, 0.2) is 10.1 Å². The van der Waals surface area contributed by atoms with Crippen LogP contribution < -0.4 is 0 Å². The standard InChI is InChI=1S/C24H12Cl7N3O6/c25-13-4-2-1-3-12(13)19(36)32(9-14(35)10-5-7-11(8-6-10)34(39)40)33-20(37)15-16(21(33)38)23(29)18(27)17(26)22(15,28)24(23,30)31/h1-8,15-16H,9H2/t15-,16-,22+,23+/m0/s1. The summed E-state index contributed by atoms with van der Waals surface area (Å²) in [6.45, 7) is -0.856. The van der Waals surface area contributed by atoms with Crippen LogP contribution in [0.25, 0.3) is 0 Å². The van der Waals surface area contributed by atoms with E-state index < -0.39 is 60.9 Å². The van der Waals surface area contributed by atoms with E-state index in [0.717, 1.165) is 12.1 Å². The number of alkyl halides is 4. The van der Waals surface area contributed by atoms with E-state index in [1.807, 2.05) is 0 Å². The van der Waals surface area contributed by atoms with Crippen molar-refractivity contribution in [1.29, 1.82) is 0 Å². The van der Waals surface area contributed by atoms with E-state index in [9.17, 15) is 29.3 Å². The molecule has 2 aromatic carbocycles. The van der Waals surface area contributed by atoms with Gasteiger partial charge in [-0.2, -0.15) is 5.01 Å². The van der Waals surface area contributed by atoms with Crippen LogP contribution in [-0.4, -0.2) is 59.1 Å². The minimum absolute atomic E-state index is 0.0319. The minimum atomic E-state index is -2.20. The number of nitro benzene ring substituents is 1. The maximum absolute atomic E-state index is 13.9. The second kappa shape index (κ2) is 9.73. The van der Waals surface area contributed by atoms with E-state index >= 15 is 0 Å². The molecule has 40 heavy (non-hydrogen) atoms. The van der Waals surface area contributed by atoms with Gasteiger partial charge in [-0.05, 0) is 24.3 Å². The average molecular weight is 687 g/mol. The van der Waals surface area contributed by atoms with Crippen LogP contribution in [0, 0.1) is 22.0 Å². The van der Waals surface area contributed by atoms with Crippen molar-refractivity contribution in [2.45, 2.75) is 14.1 Å². The molecular weight excluding hydrogens is 674 g/mol. The zero-order valence-electron chi connectivity index (χ0n) is 19.4. The van der Waals surface area contributed by atoms with E-state index in [4.69, 9.17) is 81.2 Å². The van der Waals surface area contributed by atoms with Gasteiger partial charge in [-0.25, -0.2) is 5.01 Å². The summed E-state index contributed by atoms with van der Waals surface area (Å²) in [7, 11) is 0. The second-order valence-electron chi connectivity index (χ2n) is 9.14. The highest BCUT2D eigenvalue weighted by atomic mass is 35.5. The normalized spacial score (nSPS) is 28.2. The SMILES string of the molecule is O=C(CN(C(=O)c1ccccc1Cl)N1C(=O)[C@@H]2[C@@H](C1=O)[C@@]1(Cl)C(Cl)=C(Cl)[C@@]2(Cl)C1(Cl)Cl)c1ccc([N+](=O)[O-])cc1. The Labute approximate surface area is 260 Å². The van der Waals surface area contributed by atoms with Crippen molar-refractivity contribution in [3.05, 3.63) is 84.9 Å². The Balaban J connectivity index is 1.59. The van der Waals surface area contributed by atoms with Crippen LogP contribution in [-0.2, 0) is 9.59 Å². The first-order valence-corrected chi connectivity index (χ1v) is 13.8. The first-order valence-electron chi connectivity index (χ1n) is 11.2. The molecule has 1 saturated carbocycles. The Morgan fingerprint density at radius 3 is 1.85 bits per heavy atom. The summed E-state index contributed by atoms with van der Waals surface area (Å²) in [5, 5.41) is 11.3. The zero-order chi connectivity index (χ0) is 29.5. The topological polar surface area (TPSA) is 118 Å². The monoisotopic (exact) mass is 683 g/mol. The number of imide groups is 1. The van der Waals surface area contributed by atoms with E-state index in [-0.39, 0.29) is 31.9 Å². The molecular formula is C24H12Cl7N3O6. The molecule has 0 unspecified atom stereocenters. The lowest BCUT2D eigenvalue weighted by atomic mass is 9.84. The van der Waals surface area contributed by atoms with Crippen LogP contribution in [0.4, 0.5) is 5.69 Å². The molecule has 0 aromatic heterocycles. The number of allylic oxidation sites excluding steroid dienone is 2. The van der Waals surface area contributed by atoms with Crippen molar-refractivity contribution in [2.75, 3.05) is 6.54 Å². The lowest BCUT2D eigenvalue weighted by Crippen LogP contribution is -2.56. The molecule has 9 nitrogen and oxygen atoms in total. The minimum Gasteiger partial charge on any atom is -0.292 e. The number of rotatable bonds is 6. The number of carbonyl (C=O) groups is 4. The van der Waals surface area contributed by atoms with Crippen molar-refractivity contribution >= 4 is 110 Å². The highest BCUT2D eigenvalue weighted by Crippen LogP contribution is 2.77. The predicted molar refractivity (Wildman–Crippen MR) is 149 cm³/mol. The summed E-state index contributed by atoms with van der Waals surface area (Å²) >= 11 is 45.4. The summed E-state index contributed by atoms with van der Waals surface area (Å²) < 4.78 is -2.20. The number of non-ortho nitro benzene ring substituents is 1. The molecule has 1 heterocycles. The van der Waals surface area contributed by atoms with Crippen molar-refractivity contribution < 1.29 is 24.1 Å². The lowest BCUT2D eigenvalue weighted by molar-refractivity contribution is -0.384. The number of amides is 3. The summed E-state index contributed by atoms with van der Waals surface area (Å²) in [6, 6.07) is 10.3. The van der Waals surface area contributed by atoms with Crippen molar-refractivity contribution in [3.8, 4) is 0 Å². The third-order valence-corrected chi connectivity index (χ3v) is 11.7. The number of Topliss-reactive ketones (excluding diaryl/α,β-unsaturated/α-hetero) is 1. The van der Waals surface area contributed by atoms with Gasteiger partial charge in [0.05, 0.1) is 37.4 Å². The highest BCUT2D eigenvalue weighted by Gasteiger charge is 2.88. The Bertz CT molecular complexity index is 1520. The number of fused-ring (bicyclic) bond motifs is 5. The molecule has 3 aliphatic rings. The van der Waals surface area contributed by atoms with Gasteiger partial charge in [-0.3, -0.25) is 29.3 Å². The van der Waals surface area contributed by atoms with Gasteiger partial charge in [0.25, 0.3) is 23.4 Å². The molecule has 1 saturated heterocycles. The first kappa shape index (κ1) is 29.4. The van der Waals surface area contributed by atoms with Gasteiger partial charge in [0.1, 0.15) is 16.3 Å². The molecule has 4 atom stereocenters. The van der Waals surface area contributed by atoms with Crippen molar-refractivity contribution in [1.82, 2.24) is 10.0 Å². The van der Waals surface area contributed by atoms with Crippen LogP contribution >= 0.6 is 81.2 Å². The summed E-state index contributed by atoms with van der Waals surface area (Å²) in [4.78, 5) is 60.8. The predicted octanol–water partition coefficient (Wildman–Crippen LogP) is 5.94. The summed E-state index contributed by atoms with van der Waals surface area (Å²) in [6.07, 6.45) is 0. The Morgan fingerprint density at radius 2 is 1.38 bits per heavy atom. The van der Waals surface area contributed by atoms with E-state index in [2.05, 4.69) is 0 Å². The molecule has 0 N–H and O–H groups in total. The number of carbonyl (C=O) groups excluding carboxylic acids is 4. The van der Waals surface area contributed by atoms with Crippen LogP contribution in [0.3, 0.4) is 0 Å². The van der Waals surface area contributed by atoms with Crippen molar-refractivity contribution in [2.24, 2.45) is 11.8 Å². The molecule has 2 fully saturated rings. The fraction of sp³-hybridized carbons (Fsp3) is 0.250. The van der Waals surface area contributed by atoms with Gasteiger partial charge in [-0.1, -0.05) is 70.1 Å². The molecule has 2 aromatic rings. The van der Waals surface area contributed by atoms with Crippen LogP contribution in [0.5, 0.6) is 0 Å². The van der Waals surface area contributed by atoms with E-state index in [1.54, 1.807) is 6.07 Å². The highest BCUT2D eigenvalue weighted by molar-refractivity contribution is 6.66. The molecule has 16 heteroatoms. The number of hydrogen-bond acceptors (Lipinski definition) is 6. The van der Waals surface area contributed by atoms with Gasteiger partial charge < -0.3 is 0 Å². The van der Waals surface area contributed by atoms with Gasteiger partial charge in [0, 0.05) is 17.7 Å². The molecule has 0 radical (unpaired) electrons. The molecule has 5 rings (SSSR count). The number of nitro groups is 1. The van der Waals surface area contributed by atoms with Crippen molar-refractivity contribution in [3.63, 3.8) is 0 Å². The maximum atomic E-state index is 13.9. The fourth-order valence-corrected chi connectivity index (χ4v) is 8.37. The van der Waals surface area contributed by atoms with Gasteiger partial charge in [0.2, 0.25) is 0 Å². The number of benzene rings is 2. The summed E-state index contributed by atoms with van der Waals surface area (Å²) in [5.74, 6) is -6.99. The number of ketones is 1. The molecule has 1 aliphatic heterocycles. The second-order valence-corrected chi connectivity index (χ2v) is 12.8. The number of halogens is 7. The van der Waals surface area contributed by atoms with Crippen LogP contribution in [0.1, 0.15) is 20.7 Å². The first-order chi connectivity index (χ1) is 18.6. The number of hydrazine groups is 1.